The highest BCUT2D eigenvalue weighted by molar-refractivity contribution is 4.72. The molecule has 1 atom stereocenters. The Kier molecular flexibility index (Phi) is 6.91. The van der Waals surface area contributed by atoms with Crippen LogP contribution in [0.5, 0.6) is 0 Å². The zero-order valence-corrected chi connectivity index (χ0v) is 10.6. The lowest BCUT2D eigenvalue weighted by atomic mass is 10.2. The molecule has 108 valence electrons. The number of hydrogen-bond acceptors (Lipinski definition) is 4. The molecule has 0 aromatic heterocycles. The Morgan fingerprint density at radius 1 is 1.44 bits per heavy atom. The lowest BCUT2D eigenvalue weighted by Gasteiger charge is -2.32. The number of nitrogens with one attached hydrogen (secondary N) is 1. The van der Waals surface area contributed by atoms with Gasteiger partial charge < -0.3 is 14.8 Å². The second kappa shape index (κ2) is 7.93. The molecule has 1 unspecified atom stereocenters. The smallest absolute Gasteiger partial charge is 0.374 e. The largest absolute Gasteiger partial charge is 0.411 e. The molecular formula is C11H21F3N2O2. The maximum absolute atomic E-state index is 11.8. The summed E-state index contributed by atoms with van der Waals surface area (Å²) in [5, 5.41) is 3.04. The van der Waals surface area contributed by atoms with Crippen LogP contribution in [0.1, 0.15) is 6.92 Å². The molecule has 0 radical (unpaired) electrons. The number of halogens is 3. The highest BCUT2D eigenvalue weighted by atomic mass is 19.4. The van der Waals surface area contributed by atoms with E-state index in [0.717, 1.165) is 19.6 Å². The van der Waals surface area contributed by atoms with Crippen LogP contribution in [-0.4, -0.2) is 69.7 Å². The van der Waals surface area contributed by atoms with Gasteiger partial charge in [0.25, 0.3) is 0 Å². The van der Waals surface area contributed by atoms with Crippen molar-refractivity contribution >= 4 is 0 Å². The molecule has 4 nitrogen and oxygen atoms in total. The number of hydrogen-bond donors (Lipinski definition) is 1. The van der Waals surface area contributed by atoms with Gasteiger partial charge in [-0.2, -0.15) is 13.2 Å². The van der Waals surface area contributed by atoms with E-state index < -0.39 is 12.8 Å². The molecule has 1 rings (SSSR count). The Morgan fingerprint density at radius 2 is 2.22 bits per heavy atom. The number of alkyl halides is 3. The SMILES string of the molecule is CCN1CCOC(CNCCOCC(F)(F)F)C1. The molecule has 7 heteroatoms. The van der Waals surface area contributed by atoms with Crippen molar-refractivity contribution < 1.29 is 22.6 Å². The fourth-order valence-corrected chi connectivity index (χ4v) is 1.79. The zero-order chi connectivity index (χ0) is 13.4. The molecule has 0 amide bonds. The number of likely N-dealkylation sites (N-methyl/N-ethyl adjacent to an activating group) is 1. The van der Waals surface area contributed by atoms with Crippen LogP contribution >= 0.6 is 0 Å². The Labute approximate surface area is 105 Å². The maximum Gasteiger partial charge on any atom is 0.411 e. The summed E-state index contributed by atoms with van der Waals surface area (Å²) in [5.41, 5.74) is 0. The second-order valence-corrected chi connectivity index (χ2v) is 4.26. The molecule has 1 aliphatic heterocycles. The monoisotopic (exact) mass is 270 g/mol. The molecule has 18 heavy (non-hydrogen) atoms. The van der Waals surface area contributed by atoms with Crippen molar-refractivity contribution in [1.82, 2.24) is 10.2 Å². The average Bonchev–Trinajstić information content (AvgIpc) is 2.32. The minimum Gasteiger partial charge on any atom is -0.374 e. The van der Waals surface area contributed by atoms with E-state index in [-0.39, 0.29) is 12.7 Å². The highest BCUT2D eigenvalue weighted by Gasteiger charge is 2.27. The Bertz CT molecular complexity index is 227. The Hall–Kier alpha value is -0.370. The van der Waals surface area contributed by atoms with Gasteiger partial charge in [0, 0.05) is 26.2 Å². The Balaban J connectivity index is 1.97. The van der Waals surface area contributed by atoms with Crippen LogP contribution < -0.4 is 5.32 Å². The molecule has 1 N–H and O–H groups in total. The van der Waals surface area contributed by atoms with Crippen molar-refractivity contribution in [3.05, 3.63) is 0 Å². The predicted octanol–water partition coefficient (Wildman–Crippen LogP) is 0.876. The lowest BCUT2D eigenvalue weighted by molar-refractivity contribution is -0.173. The van der Waals surface area contributed by atoms with Crippen LogP contribution in [0.4, 0.5) is 13.2 Å². The van der Waals surface area contributed by atoms with Crippen LogP contribution in [0.3, 0.4) is 0 Å². The average molecular weight is 270 g/mol. The van der Waals surface area contributed by atoms with Gasteiger partial charge in [-0.15, -0.1) is 0 Å². The third-order valence-corrected chi connectivity index (χ3v) is 2.73. The van der Waals surface area contributed by atoms with E-state index in [1.54, 1.807) is 0 Å². The molecule has 0 aromatic rings. The van der Waals surface area contributed by atoms with Gasteiger partial charge in [0.2, 0.25) is 0 Å². The van der Waals surface area contributed by atoms with E-state index in [0.29, 0.717) is 19.7 Å². The molecule has 0 aliphatic carbocycles. The number of ether oxygens (including phenoxy) is 2. The molecule has 0 saturated carbocycles. The maximum atomic E-state index is 11.8. The summed E-state index contributed by atoms with van der Waals surface area (Å²) in [6.07, 6.45) is -4.13. The predicted molar refractivity (Wildman–Crippen MR) is 61.6 cm³/mol. The molecule has 0 bridgehead atoms. The van der Waals surface area contributed by atoms with Crippen LogP contribution in [0.2, 0.25) is 0 Å². The van der Waals surface area contributed by atoms with Gasteiger partial charge in [-0.05, 0) is 6.54 Å². The molecule has 0 spiro atoms. The summed E-state index contributed by atoms with van der Waals surface area (Å²) in [7, 11) is 0. The van der Waals surface area contributed by atoms with Crippen LogP contribution in [0.25, 0.3) is 0 Å². The fraction of sp³-hybridized carbons (Fsp3) is 1.00. The molecule has 1 heterocycles. The second-order valence-electron chi connectivity index (χ2n) is 4.26. The van der Waals surface area contributed by atoms with Crippen LogP contribution in [0, 0.1) is 0 Å². The normalized spacial score (nSPS) is 22.3. The summed E-state index contributed by atoms with van der Waals surface area (Å²) in [4.78, 5) is 2.29. The van der Waals surface area contributed by atoms with Gasteiger partial charge in [-0.3, -0.25) is 4.90 Å². The summed E-state index contributed by atoms with van der Waals surface area (Å²) in [6, 6.07) is 0. The van der Waals surface area contributed by atoms with Crippen molar-refractivity contribution in [1.29, 1.82) is 0 Å². The van der Waals surface area contributed by atoms with E-state index in [1.165, 1.54) is 0 Å². The summed E-state index contributed by atoms with van der Waals surface area (Å²) in [6.45, 7) is 5.55. The number of morpholine rings is 1. The summed E-state index contributed by atoms with van der Waals surface area (Å²) < 4.78 is 45.3. The molecule has 1 aliphatic rings. The lowest BCUT2D eigenvalue weighted by Crippen LogP contribution is -2.46. The standard InChI is InChI=1S/C11H21F3N2O2/c1-2-16-4-6-18-10(8-16)7-15-3-5-17-9-11(12,13)14/h10,15H,2-9H2,1H3. The van der Waals surface area contributed by atoms with Crippen molar-refractivity contribution in [3.63, 3.8) is 0 Å². The third-order valence-electron chi connectivity index (χ3n) is 2.73. The van der Waals surface area contributed by atoms with Gasteiger partial charge in [-0.1, -0.05) is 6.92 Å². The first-order chi connectivity index (χ1) is 8.51. The van der Waals surface area contributed by atoms with Crippen molar-refractivity contribution in [2.24, 2.45) is 0 Å². The first-order valence-electron chi connectivity index (χ1n) is 6.20. The third kappa shape index (κ3) is 7.15. The number of nitrogens with zero attached hydrogens (tertiary/aromatic N) is 1. The van der Waals surface area contributed by atoms with E-state index in [1.807, 2.05) is 0 Å². The molecule has 0 aromatic carbocycles. The van der Waals surface area contributed by atoms with Gasteiger partial charge in [0.05, 0.1) is 19.3 Å². The van der Waals surface area contributed by atoms with Crippen molar-refractivity contribution in [2.45, 2.75) is 19.2 Å². The van der Waals surface area contributed by atoms with Crippen molar-refractivity contribution in [3.8, 4) is 0 Å². The van der Waals surface area contributed by atoms with E-state index in [2.05, 4.69) is 21.9 Å². The minimum absolute atomic E-state index is 0.0592. The van der Waals surface area contributed by atoms with Gasteiger partial charge >= 0.3 is 6.18 Å². The first-order valence-corrected chi connectivity index (χ1v) is 6.20. The van der Waals surface area contributed by atoms with E-state index in [9.17, 15) is 13.2 Å². The minimum atomic E-state index is -4.24. The van der Waals surface area contributed by atoms with E-state index in [4.69, 9.17) is 4.74 Å². The highest BCUT2D eigenvalue weighted by Crippen LogP contribution is 2.13. The van der Waals surface area contributed by atoms with Gasteiger partial charge in [-0.25, -0.2) is 0 Å². The Morgan fingerprint density at radius 3 is 2.89 bits per heavy atom. The zero-order valence-electron chi connectivity index (χ0n) is 10.6. The molecular weight excluding hydrogens is 249 g/mol. The van der Waals surface area contributed by atoms with Crippen LogP contribution in [-0.2, 0) is 9.47 Å². The quantitative estimate of drug-likeness (QED) is 0.696. The molecule has 1 saturated heterocycles. The fourth-order valence-electron chi connectivity index (χ4n) is 1.79. The summed E-state index contributed by atoms with van der Waals surface area (Å²) >= 11 is 0. The topological polar surface area (TPSA) is 33.7 Å². The van der Waals surface area contributed by atoms with E-state index >= 15 is 0 Å². The first kappa shape index (κ1) is 15.7. The van der Waals surface area contributed by atoms with Gasteiger partial charge in [0.1, 0.15) is 6.61 Å². The van der Waals surface area contributed by atoms with Crippen LogP contribution in [0.15, 0.2) is 0 Å². The van der Waals surface area contributed by atoms with Crippen molar-refractivity contribution in [2.75, 3.05) is 52.5 Å². The number of rotatable bonds is 7. The van der Waals surface area contributed by atoms with Gasteiger partial charge in [0.15, 0.2) is 0 Å². The molecule has 1 fully saturated rings. The summed E-state index contributed by atoms with van der Waals surface area (Å²) in [5.74, 6) is 0.